The van der Waals surface area contributed by atoms with E-state index in [9.17, 15) is 18.0 Å². The molecule has 0 bridgehead atoms. The lowest BCUT2D eigenvalue weighted by molar-refractivity contribution is -0.137. The van der Waals surface area contributed by atoms with E-state index in [4.69, 9.17) is 0 Å². The maximum Gasteiger partial charge on any atom is 0.416 e. The second kappa shape index (κ2) is 6.89. The van der Waals surface area contributed by atoms with Gasteiger partial charge in [0.15, 0.2) is 5.13 Å². The number of urea groups is 1. The third-order valence-corrected chi connectivity index (χ3v) is 3.85. The first kappa shape index (κ1) is 16.9. The van der Waals surface area contributed by atoms with Crippen molar-refractivity contribution < 1.29 is 18.0 Å². The van der Waals surface area contributed by atoms with Crippen LogP contribution < -0.4 is 10.6 Å². The molecule has 0 saturated carbocycles. The minimum Gasteiger partial charge on any atom is -0.308 e. The number of hydrogen-bond donors (Lipinski definition) is 2. The zero-order valence-corrected chi connectivity index (χ0v) is 13.4. The number of pyridine rings is 1. The number of hydrogen-bond acceptors (Lipinski definition) is 4. The molecule has 0 fully saturated rings. The number of anilines is 2. The van der Waals surface area contributed by atoms with Gasteiger partial charge in [-0.1, -0.05) is 6.07 Å². The van der Waals surface area contributed by atoms with Crippen molar-refractivity contribution in [3.05, 3.63) is 59.9 Å². The fourth-order valence-electron chi connectivity index (χ4n) is 2.11. The van der Waals surface area contributed by atoms with Gasteiger partial charge in [0, 0.05) is 35.2 Å². The van der Waals surface area contributed by atoms with Crippen LogP contribution in [0.5, 0.6) is 0 Å². The summed E-state index contributed by atoms with van der Waals surface area (Å²) < 4.78 is 39.5. The van der Waals surface area contributed by atoms with Gasteiger partial charge in [-0.3, -0.25) is 10.3 Å². The number of carbonyl (C=O) groups excluding carboxylic acids is 1. The third-order valence-electron chi connectivity index (χ3n) is 3.17. The second-order valence-corrected chi connectivity index (χ2v) is 5.85. The predicted octanol–water partition coefficient (Wildman–Crippen LogP) is 4.87. The number of thiazole rings is 1. The molecular formula is C16H11F3N4OS. The Hall–Kier alpha value is -2.94. The first-order chi connectivity index (χ1) is 11.9. The molecule has 2 heterocycles. The van der Waals surface area contributed by atoms with Crippen molar-refractivity contribution >= 4 is 28.2 Å². The van der Waals surface area contributed by atoms with Gasteiger partial charge in [0.2, 0.25) is 0 Å². The van der Waals surface area contributed by atoms with Crippen LogP contribution in [0, 0.1) is 0 Å². The molecule has 0 spiro atoms. The molecule has 3 aromatic rings. The van der Waals surface area contributed by atoms with Gasteiger partial charge in [0.25, 0.3) is 0 Å². The maximum absolute atomic E-state index is 13.2. The number of nitrogens with zero attached hydrogens (tertiary/aromatic N) is 2. The Kier molecular flexibility index (Phi) is 4.66. The third kappa shape index (κ3) is 4.32. The normalized spacial score (nSPS) is 11.2. The Morgan fingerprint density at radius 2 is 1.92 bits per heavy atom. The molecule has 0 radical (unpaired) electrons. The van der Waals surface area contributed by atoms with Crippen molar-refractivity contribution in [2.24, 2.45) is 0 Å². The summed E-state index contributed by atoms with van der Waals surface area (Å²) in [7, 11) is 0. The molecule has 0 atom stereocenters. The smallest absolute Gasteiger partial charge is 0.308 e. The summed E-state index contributed by atoms with van der Waals surface area (Å²) in [5.41, 5.74) is -0.0365. The number of rotatable bonds is 3. The van der Waals surface area contributed by atoms with Gasteiger partial charge >= 0.3 is 12.2 Å². The number of halogens is 3. The van der Waals surface area contributed by atoms with Crippen LogP contribution in [-0.2, 0) is 6.18 Å². The molecule has 25 heavy (non-hydrogen) atoms. The van der Waals surface area contributed by atoms with Crippen molar-refractivity contribution in [1.29, 1.82) is 0 Å². The molecule has 9 heteroatoms. The van der Waals surface area contributed by atoms with Crippen molar-refractivity contribution in [2.45, 2.75) is 6.18 Å². The Morgan fingerprint density at radius 1 is 1.08 bits per heavy atom. The summed E-state index contributed by atoms with van der Waals surface area (Å²) in [6, 6.07) is 5.93. The number of amides is 2. The molecule has 0 aliphatic carbocycles. The summed E-state index contributed by atoms with van der Waals surface area (Å²) in [5, 5.41) is 6.86. The van der Waals surface area contributed by atoms with E-state index in [0.29, 0.717) is 16.3 Å². The summed E-state index contributed by atoms with van der Waals surface area (Å²) in [5.74, 6) is 0. The van der Waals surface area contributed by atoms with E-state index in [1.165, 1.54) is 36.0 Å². The molecule has 2 aromatic heterocycles. The van der Waals surface area contributed by atoms with E-state index in [-0.39, 0.29) is 5.69 Å². The van der Waals surface area contributed by atoms with Gasteiger partial charge in [0.05, 0.1) is 5.56 Å². The first-order valence-electron chi connectivity index (χ1n) is 7.02. The summed E-state index contributed by atoms with van der Waals surface area (Å²) >= 11 is 1.20. The highest BCUT2D eigenvalue weighted by Crippen LogP contribution is 2.34. The molecule has 0 aliphatic heterocycles. The lowest BCUT2D eigenvalue weighted by Gasteiger charge is -2.13. The molecule has 1 aromatic carbocycles. The summed E-state index contributed by atoms with van der Waals surface area (Å²) in [4.78, 5) is 19.7. The number of alkyl halides is 3. The fraction of sp³-hybridized carbons (Fsp3) is 0.0625. The zero-order chi connectivity index (χ0) is 17.9. The average molecular weight is 364 g/mol. The van der Waals surface area contributed by atoms with Crippen molar-refractivity contribution in [1.82, 2.24) is 9.97 Å². The largest absolute Gasteiger partial charge is 0.416 e. The first-order valence-corrected chi connectivity index (χ1v) is 7.90. The molecule has 2 N–H and O–H groups in total. The lowest BCUT2D eigenvalue weighted by Crippen LogP contribution is -2.19. The molecule has 128 valence electrons. The Bertz CT molecular complexity index is 867. The van der Waals surface area contributed by atoms with Crippen LogP contribution in [0.1, 0.15) is 5.56 Å². The minimum absolute atomic E-state index is 0.0164. The standard InChI is InChI=1S/C16H11F3N4OS/c17-16(18,19)12-6-11(10-2-1-3-20-9-10)7-13(8-12)22-14(24)23-15-21-4-5-25-15/h1-9H,(H2,21,22,23,24). The second-order valence-electron chi connectivity index (χ2n) is 4.95. The van der Waals surface area contributed by atoms with Gasteiger partial charge in [0.1, 0.15) is 0 Å². The van der Waals surface area contributed by atoms with Crippen LogP contribution in [0.3, 0.4) is 0 Å². The fourth-order valence-corrected chi connectivity index (χ4v) is 2.63. The lowest BCUT2D eigenvalue weighted by atomic mass is 10.0. The molecule has 0 saturated heterocycles. The van der Waals surface area contributed by atoms with Gasteiger partial charge in [-0.25, -0.2) is 9.78 Å². The number of carbonyl (C=O) groups is 1. The van der Waals surface area contributed by atoms with E-state index >= 15 is 0 Å². The van der Waals surface area contributed by atoms with Crippen LogP contribution in [0.4, 0.5) is 28.8 Å². The molecule has 2 amide bonds. The maximum atomic E-state index is 13.2. The molecular weight excluding hydrogens is 353 g/mol. The van der Waals surface area contributed by atoms with Gasteiger partial charge in [-0.2, -0.15) is 13.2 Å². The predicted molar refractivity (Wildman–Crippen MR) is 89.4 cm³/mol. The zero-order valence-electron chi connectivity index (χ0n) is 12.5. The van der Waals surface area contributed by atoms with Crippen LogP contribution >= 0.6 is 11.3 Å². The topological polar surface area (TPSA) is 66.9 Å². The van der Waals surface area contributed by atoms with Crippen LogP contribution in [0.2, 0.25) is 0 Å². The highest BCUT2D eigenvalue weighted by atomic mass is 32.1. The summed E-state index contributed by atoms with van der Waals surface area (Å²) in [6.07, 6.45) is -0.0574. The summed E-state index contributed by atoms with van der Waals surface area (Å²) in [6.45, 7) is 0. The van der Waals surface area contributed by atoms with Gasteiger partial charge in [-0.15, -0.1) is 11.3 Å². The van der Waals surface area contributed by atoms with Crippen LogP contribution in [0.25, 0.3) is 11.1 Å². The quantitative estimate of drug-likeness (QED) is 0.697. The van der Waals surface area contributed by atoms with Gasteiger partial charge in [-0.05, 0) is 29.8 Å². The van der Waals surface area contributed by atoms with Gasteiger partial charge < -0.3 is 5.32 Å². The Morgan fingerprint density at radius 3 is 2.56 bits per heavy atom. The number of aromatic nitrogens is 2. The Labute approximate surface area is 144 Å². The van der Waals surface area contributed by atoms with E-state index < -0.39 is 17.8 Å². The highest BCUT2D eigenvalue weighted by molar-refractivity contribution is 7.13. The molecule has 0 unspecified atom stereocenters. The monoisotopic (exact) mass is 364 g/mol. The molecule has 0 aliphatic rings. The SMILES string of the molecule is O=C(Nc1cc(-c2cccnc2)cc(C(F)(F)F)c1)Nc1nccs1. The van der Waals surface area contributed by atoms with E-state index in [0.717, 1.165) is 12.1 Å². The highest BCUT2D eigenvalue weighted by Gasteiger charge is 2.31. The van der Waals surface area contributed by atoms with E-state index in [1.807, 2.05) is 0 Å². The van der Waals surface area contributed by atoms with Crippen molar-refractivity contribution in [2.75, 3.05) is 10.6 Å². The van der Waals surface area contributed by atoms with Crippen LogP contribution in [-0.4, -0.2) is 16.0 Å². The number of nitrogens with one attached hydrogen (secondary N) is 2. The number of benzene rings is 1. The van der Waals surface area contributed by atoms with E-state index in [2.05, 4.69) is 20.6 Å². The van der Waals surface area contributed by atoms with Crippen molar-refractivity contribution in [3.8, 4) is 11.1 Å². The van der Waals surface area contributed by atoms with Crippen molar-refractivity contribution in [3.63, 3.8) is 0 Å². The molecule has 5 nitrogen and oxygen atoms in total. The Balaban J connectivity index is 1.91. The average Bonchev–Trinajstić information content (AvgIpc) is 3.07. The van der Waals surface area contributed by atoms with E-state index in [1.54, 1.807) is 17.5 Å². The van der Waals surface area contributed by atoms with Crippen LogP contribution in [0.15, 0.2) is 54.3 Å². The molecule has 3 rings (SSSR count). The minimum atomic E-state index is -4.54.